The zero-order valence-electron chi connectivity index (χ0n) is 30.8. The summed E-state index contributed by atoms with van der Waals surface area (Å²) in [7, 11) is -6.06. The maximum Gasteiger partial charge on any atom is 0.465 e. The molecule has 1 heterocycles. The van der Waals surface area contributed by atoms with E-state index in [1.54, 1.807) is 0 Å². The molecule has 10 bridgehead atoms. The SMILES string of the molecule is O=C(CCC1CC2CCCC(C2)C1=O)OCC1OC2(OC1COC(=O)C13CC4CC(C1)C(=O)C(C4)C3)C1CC3CC2CC(OC(=O)C(F)(F)S(=O)(=O)O)(C3)C1. The van der Waals surface area contributed by atoms with E-state index in [2.05, 4.69) is 0 Å². The molecular formula is C39H50F2O13S. The molecule has 11 aliphatic rings. The normalized spacial score (nSPS) is 45.3. The zero-order chi connectivity index (χ0) is 38.7. The monoisotopic (exact) mass is 796 g/mol. The molecular weight excluding hydrogens is 746 g/mol. The Balaban J connectivity index is 0.895. The van der Waals surface area contributed by atoms with Gasteiger partial charge in [0.05, 0.1) is 5.41 Å². The van der Waals surface area contributed by atoms with Crippen molar-refractivity contribution < 1.29 is 69.4 Å². The first-order chi connectivity index (χ1) is 26.0. The van der Waals surface area contributed by atoms with Gasteiger partial charge in [-0.3, -0.25) is 23.7 Å². The molecule has 304 valence electrons. The molecule has 0 aromatic carbocycles. The van der Waals surface area contributed by atoms with Crippen LogP contribution in [0, 0.1) is 58.7 Å². The Hall–Kier alpha value is -2.56. The summed E-state index contributed by atoms with van der Waals surface area (Å²) in [4.78, 5) is 65.3. The molecule has 10 saturated carbocycles. The lowest BCUT2D eigenvalue weighted by Crippen LogP contribution is -2.66. The van der Waals surface area contributed by atoms with Crippen molar-refractivity contribution in [3.05, 3.63) is 0 Å². The minimum atomic E-state index is -6.06. The number of hydrogen-bond donors (Lipinski definition) is 1. The third-order valence-electron chi connectivity index (χ3n) is 15.3. The Kier molecular flexibility index (Phi) is 9.14. The minimum Gasteiger partial charge on any atom is -0.463 e. The van der Waals surface area contributed by atoms with Crippen LogP contribution in [-0.4, -0.2) is 84.5 Å². The molecule has 1 N–H and O–H groups in total. The lowest BCUT2D eigenvalue weighted by Gasteiger charge is -2.62. The van der Waals surface area contributed by atoms with Crippen molar-refractivity contribution in [2.24, 2.45) is 58.7 Å². The van der Waals surface area contributed by atoms with Crippen LogP contribution >= 0.6 is 0 Å². The summed E-state index contributed by atoms with van der Waals surface area (Å²) in [5.74, 6) is -4.53. The van der Waals surface area contributed by atoms with Crippen LogP contribution < -0.4 is 0 Å². The molecule has 0 aromatic rings. The summed E-state index contributed by atoms with van der Waals surface area (Å²) in [5, 5.41) is -5.13. The van der Waals surface area contributed by atoms with Gasteiger partial charge in [0.25, 0.3) is 0 Å². The topological polar surface area (TPSA) is 186 Å². The minimum absolute atomic E-state index is 0.0328. The van der Waals surface area contributed by atoms with Gasteiger partial charge in [0.1, 0.15) is 42.6 Å². The molecule has 1 aliphatic heterocycles. The number of alkyl halides is 2. The van der Waals surface area contributed by atoms with Crippen LogP contribution in [0.5, 0.6) is 0 Å². The maximum atomic E-state index is 14.3. The number of ketones is 2. The van der Waals surface area contributed by atoms with E-state index in [-0.39, 0.29) is 86.0 Å². The van der Waals surface area contributed by atoms with E-state index < -0.39 is 68.2 Å². The van der Waals surface area contributed by atoms with Crippen LogP contribution in [-0.2, 0) is 57.8 Å². The van der Waals surface area contributed by atoms with Crippen LogP contribution in [0.4, 0.5) is 8.78 Å². The Labute approximate surface area is 318 Å². The first kappa shape index (κ1) is 38.0. The van der Waals surface area contributed by atoms with Crippen molar-refractivity contribution in [2.75, 3.05) is 13.2 Å². The molecule has 9 atom stereocenters. The van der Waals surface area contributed by atoms with Gasteiger partial charge in [-0.1, -0.05) is 12.8 Å². The second-order valence-electron chi connectivity index (χ2n) is 18.9. The molecule has 11 rings (SSSR count). The van der Waals surface area contributed by atoms with Gasteiger partial charge in [-0.15, -0.1) is 0 Å². The van der Waals surface area contributed by atoms with E-state index in [9.17, 15) is 41.2 Å². The molecule has 11 fully saturated rings. The van der Waals surface area contributed by atoms with E-state index in [0.717, 1.165) is 44.9 Å². The number of fused-ring (bicyclic) bond motifs is 2. The van der Waals surface area contributed by atoms with Crippen molar-refractivity contribution >= 4 is 39.6 Å². The maximum absolute atomic E-state index is 14.3. The highest BCUT2D eigenvalue weighted by Crippen LogP contribution is 2.65. The average molecular weight is 797 g/mol. The summed E-state index contributed by atoms with van der Waals surface area (Å²) in [5.41, 5.74) is -2.15. The third-order valence-corrected chi connectivity index (χ3v) is 16.2. The van der Waals surface area contributed by atoms with Crippen LogP contribution in [0.15, 0.2) is 0 Å². The van der Waals surface area contributed by atoms with Gasteiger partial charge in [0.15, 0.2) is 5.79 Å². The number of Topliss-reactive ketones (excluding diaryl/α,β-unsaturated/α-hetero) is 2. The highest BCUT2D eigenvalue weighted by Gasteiger charge is 2.70. The van der Waals surface area contributed by atoms with Gasteiger partial charge in [-0.05, 0) is 108 Å². The average Bonchev–Trinajstić information content (AvgIpc) is 3.50. The predicted molar refractivity (Wildman–Crippen MR) is 182 cm³/mol. The summed E-state index contributed by atoms with van der Waals surface area (Å²) >= 11 is 0. The Morgan fingerprint density at radius 2 is 1.38 bits per heavy atom. The van der Waals surface area contributed by atoms with Gasteiger partial charge in [-0.2, -0.15) is 17.2 Å². The summed E-state index contributed by atoms with van der Waals surface area (Å²) in [6.45, 7) is -0.427. The van der Waals surface area contributed by atoms with E-state index in [1.807, 2.05) is 0 Å². The standard InChI is InChI=1S/C39H50F2O13S/c40-39(41,55(47,48)49)35(46)54-37-13-22-10-27(16-37)38(28(11-22)17-37)52-29(18-50-31(42)5-4-24-7-20-2-1-3-23(6-20)32(24)43)30(53-38)19-51-34(45)36-12-21-8-25(14-36)33(44)26(9-21)15-36/h20-30H,1-19H2,(H,47,48,49). The van der Waals surface area contributed by atoms with Crippen molar-refractivity contribution in [1.29, 1.82) is 0 Å². The Morgan fingerprint density at radius 3 is 2.04 bits per heavy atom. The number of ether oxygens (including phenoxy) is 5. The highest BCUT2D eigenvalue weighted by atomic mass is 32.2. The first-order valence-electron chi connectivity index (χ1n) is 20.3. The fraction of sp³-hybridized carbons (Fsp3) is 0.872. The van der Waals surface area contributed by atoms with Crippen molar-refractivity contribution in [3.8, 4) is 0 Å². The third kappa shape index (κ3) is 6.37. The fourth-order valence-electron chi connectivity index (χ4n) is 13.4. The van der Waals surface area contributed by atoms with Crippen molar-refractivity contribution in [1.82, 2.24) is 0 Å². The number of hydrogen-bond acceptors (Lipinski definition) is 12. The second kappa shape index (κ2) is 13.2. The number of halogens is 2. The molecule has 1 spiro atoms. The molecule has 0 aromatic heterocycles. The van der Waals surface area contributed by atoms with Crippen molar-refractivity contribution in [3.63, 3.8) is 0 Å². The molecule has 1 saturated heterocycles. The Morgan fingerprint density at radius 1 is 0.764 bits per heavy atom. The molecule has 55 heavy (non-hydrogen) atoms. The number of carbonyl (C=O) groups is 5. The van der Waals surface area contributed by atoms with E-state index in [4.69, 9.17) is 28.2 Å². The van der Waals surface area contributed by atoms with Crippen molar-refractivity contribution in [2.45, 2.75) is 138 Å². The molecule has 0 amide bonds. The lowest BCUT2D eigenvalue weighted by atomic mass is 9.49. The van der Waals surface area contributed by atoms with Crippen LogP contribution in [0.1, 0.15) is 109 Å². The molecule has 0 radical (unpaired) electrons. The highest BCUT2D eigenvalue weighted by molar-refractivity contribution is 7.87. The first-order valence-corrected chi connectivity index (χ1v) is 21.8. The second-order valence-corrected chi connectivity index (χ2v) is 20.3. The molecule has 10 aliphatic carbocycles. The quantitative estimate of drug-likeness (QED) is 0.172. The van der Waals surface area contributed by atoms with Gasteiger partial charge < -0.3 is 23.7 Å². The van der Waals surface area contributed by atoms with Crippen LogP contribution in [0.2, 0.25) is 0 Å². The van der Waals surface area contributed by atoms with E-state index in [0.29, 0.717) is 50.4 Å². The zero-order valence-corrected chi connectivity index (χ0v) is 31.6. The molecule has 16 heteroatoms. The number of carbonyl (C=O) groups excluding carboxylic acids is 5. The molecule has 9 unspecified atom stereocenters. The van der Waals surface area contributed by atoms with Crippen LogP contribution in [0.25, 0.3) is 0 Å². The summed E-state index contributed by atoms with van der Waals surface area (Å²) < 4.78 is 90.7. The Bertz CT molecular complexity index is 1730. The van der Waals surface area contributed by atoms with Gasteiger partial charge in [0, 0.05) is 41.9 Å². The largest absolute Gasteiger partial charge is 0.465 e. The van der Waals surface area contributed by atoms with E-state index >= 15 is 0 Å². The summed E-state index contributed by atoms with van der Waals surface area (Å²) in [6, 6.07) is 0. The van der Waals surface area contributed by atoms with E-state index in [1.165, 1.54) is 0 Å². The van der Waals surface area contributed by atoms with Crippen LogP contribution in [0.3, 0.4) is 0 Å². The predicted octanol–water partition coefficient (Wildman–Crippen LogP) is 4.73. The van der Waals surface area contributed by atoms with Gasteiger partial charge in [-0.25, -0.2) is 4.79 Å². The lowest BCUT2D eigenvalue weighted by molar-refractivity contribution is -0.326. The summed E-state index contributed by atoms with van der Waals surface area (Å²) in [6.07, 6.45) is 8.19. The fourth-order valence-corrected chi connectivity index (χ4v) is 13.6. The number of rotatable bonds is 11. The smallest absolute Gasteiger partial charge is 0.463 e. The number of esters is 3. The molecule has 13 nitrogen and oxygen atoms in total. The van der Waals surface area contributed by atoms with Gasteiger partial charge in [0.2, 0.25) is 0 Å². The van der Waals surface area contributed by atoms with Gasteiger partial charge >= 0.3 is 33.3 Å².